The fourth-order valence-electron chi connectivity index (χ4n) is 2.28. The molecule has 1 saturated heterocycles. The second-order valence-corrected chi connectivity index (χ2v) is 4.40. The van der Waals surface area contributed by atoms with E-state index in [0.29, 0.717) is 6.61 Å². The maximum atomic E-state index is 5.70. The first-order valence-corrected chi connectivity index (χ1v) is 6.57. The first-order valence-electron chi connectivity index (χ1n) is 6.57. The summed E-state index contributed by atoms with van der Waals surface area (Å²) in [5.41, 5.74) is 1.16. The van der Waals surface area contributed by atoms with Crippen molar-refractivity contribution in [2.24, 2.45) is 0 Å². The SMILES string of the molecule is CCOc1cccc(OC)c1CN1CCNCC1. The molecule has 0 radical (unpaired) electrons. The lowest BCUT2D eigenvalue weighted by atomic mass is 10.1. The number of nitrogens with one attached hydrogen (secondary N) is 1. The van der Waals surface area contributed by atoms with E-state index in [0.717, 1.165) is 49.8 Å². The number of rotatable bonds is 5. The van der Waals surface area contributed by atoms with E-state index in [1.165, 1.54) is 0 Å². The lowest BCUT2D eigenvalue weighted by Crippen LogP contribution is -2.43. The smallest absolute Gasteiger partial charge is 0.127 e. The number of hydrogen-bond donors (Lipinski definition) is 1. The second-order valence-electron chi connectivity index (χ2n) is 4.40. The first kappa shape index (κ1) is 13.2. The summed E-state index contributed by atoms with van der Waals surface area (Å²) >= 11 is 0. The number of benzene rings is 1. The molecule has 0 saturated carbocycles. The zero-order valence-corrected chi connectivity index (χ0v) is 11.2. The predicted octanol–water partition coefficient (Wildman–Crippen LogP) is 1.50. The molecule has 0 unspecified atom stereocenters. The molecule has 1 aliphatic heterocycles. The Hall–Kier alpha value is -1.26. The Morgan fingerprint density at radius 2 is 1.94 bits per heavy atom. The van der Waals surface area contributed by atoms with Gasteiger partial charge in [-0.2, -0.15) is 0 Å². The summed E-state index contributed by atoms with van der Waals surface area (Å²) in [4.78, 5) is 2.43. The molecule has 100 valence electrons. The highest BCUT2D eigenvalue weighted by Crippen LogP contribution is 2.29. The maximum Gasteiger partial charge on any atom is 0.127 e. The van der Waals surface area contributed by atoms with Crippen LogP contribution in [0.2, 0.25) is 0 Å². The van der Waals surface area contributed by atoms with Crippen molar-refractivity contribution in [3.63, 3.8) is 0 Å². The van der Waals surface area contributed by atoms with Gasteiger partial charge in [0.25, 0.3) is 0 Å². The summed E-state index contributed by atoms with van der Waals surface area (Å²) in [6.45, 7) is 7.84. The fraction of sp³-hybridized carbons (Fsp3) is 0.571. The van der Waals surface area contributed by atoms with Gasteiger partial charge in [-0.15, -0.1) is 0 Å². The quantitative estimate of drug-likeness (QED) is 0.858. The molecule has 0 aliphatic carbocycles. The predicted molar refractivity (Wildman–Crippen MR) is 72.3 cm³/mol. The van der Waals surface area contributed by atoms with Gasteiger partial charge in [-0.05, 0) is 19.1 Å². The molecular weight excluding hydrogens is 228 g/mol. The summed E-state index contributed by atoms with van der Waals surface area (Å²) in [5, 5.41) is 3.36. The van der Waals surface area contributed by atoms with E-state index in [-0.39, 0.29) is 0 Å². The largest absolute Gasteiger partial charge is 0.496 e. The van der Waals surface area contributed by atoms with Crippen molar-refractivity contribution >= 4 is 0 Å². The summed E-state index contributed by atoms with van der Waals surface area (Å²) in [5.74, 6) is 1.86. The Labute approximate surface area is 109 Å². The van der Waals surface area contributed by atoms with Gasteiger partial charge in [0.05, 0.1) is 19.3 Å². The molecule has 1 fully saturated rings. The second kappa shape index (κ2) is 6.61. The molecule has 1 N–H and O–H groups in total. The molecule has 1 aromatic carbocycles. The Morgan fingerprint density at radius 1 is 1.22 bits per heavy atom. The van der Waals surface area contributed by atoms with Crippen LogP contribution in [0.1, 0.15) is 12.5 Å². The summed E-state index contributed by atoms with van der Waals surface area (Å²) in [6.07, 6.45) is 0. The van der Waals surface area contributed by atoms with Crippen LogP contribution in [0.5, 0.6) is 11.5 Å². The highest BCUT2D eigenvalue weighted by molar-refractivity contribution is 5.44. The number of hydrogen-bond acceptors (Lipinski definition) is 4. The third-order valence-corrected chi connectivity index (χ3v) is 3.20. The molecule has 1 aliphatic rings. The van der Waals surface area contributed by atoms with Gasteiger partial charge < -0.3 is 14.8 Å². The van der Waals surface area contributed by atoms with Crippen LogP contribution in [-0.4, -0.2) is 44.8 Å². The Morgan fingerprint density at radius 3 is 2.61 bits per heavy atom. The molecule has 0 spiro atoms. The highest BCUT2D eigenvalue weighted by Gasteiger charge is 2.16. The topological polar surface area (TPSA) is 33.7 Å². The highest BCUT2D eigenvalue weighted by atomic mass is 16.5. The maximum absolute atomic E-state index is 5.70. The van der Waals surface area contributed by atoms with Gasteiger partial charge in [0.15, 0.2) is 0 Å². The molecule has 1 heterocycles. The van der Waals surface area contributed by atoms with E-state index in [2.05, 4.69) is 10.2 Å². The van der Waals surface area contributed by atoms with E-state index in [9.17, 15) is 0 Å². The van der Waals surface area contributed by atoms with Gasteiger partial charge in [0.2, 0.25) is 0 Å². The molecule has 4 heteroatoms. The Kier molecular flexibility index (Phi) is 4.84. The van der Waals surface area contributed by atoms with Crippen molar-refractivity contribution in [1.82, 2.24) is 10.2 Å². The van der Waals surface area contributed by atoms with E-state index >= 15 is 0 Å². The third kappa shape index (κ3) is 3.15. The van der Waals surface area contributed by atoms with Crippen LogP contribution in [-0.2, 0) is 6.54 Å². The molecule has 18 heavy (non-hydrogen) atoms. The number of ether oxygens (including phenoxy) is 2. The minimum atomic E-state index is 0.682. The molecule has 0 atom stereocenters. The lowest BCUT2D eigenvalue weighted by Gasteiger charge is -2.28. The van der Waals surface area contributed by atoms with E-state index in [1.807, 2.05) is 25.1 Å². The zero-order valence-electron chi connectivity index (χ0n) is 11.2. The van der Waals surface area contributed by atoms with Gasteiger partial charge in [-0.3, -0.25) is 4.90 Å². The Balaban J connectivity index is 2.16. The van der Waals surface area contributed by atoms with Crippen molar-refractivity contribution in [2.45, 2.75) is 13.5 Å². The van der Waals surface area contributed by atoms with Gasteiger partial charge >= 0.3 is 0 Å². The molecule has 0 aromatic heterocycles. The van der Waals surface area contributed by atoms with Crippen molar-refractivity contribution < 1.29 is 9.47 Å². The van der Waals surface area contributed by atoms with Crippen LogP contribution in [0.25, 0.3) is 0 Å². The van der Waals surface area contributed by atoms with E-state index in [1.54, 1.807) is 7.11 Å². The van der Waals surface area contributed by atoms with Crippen LogP contribution < -0.4 is 14.8 Å². The molecular formula is C14H22N2O2. The van der Waals surface area contributed by atoms with Crippen LogP contribution in [0.3, 0.4) is 0 Å². The van der Waals surface area contributed by atoms with Crippen LogP contribution in [0.4, 0.5) is 0 Å². The van der Waals surface area contributed by atoms with Gasteiger partial charge in [-0.25, -0.2) is 0 Å². The van der Waals surface area contributed by atoms with Crippen LogP contribution >= 0.6 is 0 Å². The van der Waals surface area contributed by atoms with Crippen molar-refractivity contribution in [2.75, 3.05) is 39.9 Å². The van der Waals surface area contributed by atoms with Crippen LogP contribution in [0.15, 0.2) is 18.2 Å². The molecule has 2 rings (SSSR count). The summed E-state index contributed by atoms with van der Waals surface area (Å²) < 4.78 is 11.2. The van der Waals surface area contributed by atoms with Crippen molar-refractivity contribution in [3.8, 4) is 11.5 Å². The number of methoxy groups -OCH3 is 1. The first-order chi connectivity index (χ1) is 8.85. The standard InChI is InChI=1S/C14H22N2O2/c1-3-18-14-6-4-5-13(17-2)12(14)11-16-9-7-15-8-10-16/h4-6,15H,3,7-11H2,1-2H3. The van der Waals surface area contributed by atoms with Gasteiger partial charge in [0.1, 0.15) is 11.5 Å². The van der Waals surface area contributed by atoms with E-state index < -0.39 is 0 Å². The third-order valence-electron chi connectivity index (χ3n) is 3.20. The van der Waals surface area contributed by atoms with Crippen molar-refractivity contribution in [1.29, 1.82) is 0 Å². The lowest BCUT2D eigenvalue weighted by molar-refractivity contribution is 0.224. The number of piperazine rings is 1. The number of nitrogens with zero attached hydrogens (tertiary/aromatic N) is 1. The minimum absolute atomic E-state index is 0.682. The van der Waals surface area contributed by atoms with Crippen molar-refractivity contribution in [3.05, 3.63) is 23.8 Å². The molecule has 1 aromatic rings. The van der Waals surface area contributed by atoms with Gasteiger partial charge in [-0.1, -0.05) is 6.07 Å². The van der Waals surface area contributed by atoms with E-state index in [4.69, 9.17) is 9.47 Å². The molecule has 4 nitrogen and oxygen atoms in total. The molecule has 0 amide bonds. The summed E-state index contributed by atoms with van der Waals surface area (Å²) in [6, 6.07) is 5.99. The average Bonchev–Trinajstić information content (AvgIpc) is 2.42. The minimum Gasteiger partial charge on any atom is -0.496 e. The summed E-state index contributed by atoms with van der Waals surface area (Å²) in [7, 11) is 1.71. The van der Waals surface area contributed by atoms with Gasteiger partial charge in [0, 0.05) is 32.7 Å². The molecule has 0 bridgehead atoms. The zero-order chi connectivity index (χ0) is 12.8. The average molecular weight is 250 g/mol. The fourth-order valence-corrected chi connectivity index (χ4v) is 2.28. The normalized spacial score (nSPS) is 16.6. The monoisotopic (exact) mass is 250 g/mol. The Bertz CT molecular complexity index is 376. The van der Waals surface area contributed by atoms with Crippen LogP contribution in [0, 0.1) is 0 Å².